The van der Waals surface area contributed by atoms with Gasteiger partial charge in [-0.25, -0.2) is 0 Å². The molecule has 2 heterocycles. The Labute approximate surface area is 136 Å². The predicted molar refractivity (Wildman–Crippen MR) is 81.8 cm³/mol. The number of aliphatic carboxylic acids is 1. The molecule has 0 aromatic heterocycles. The van der Waals surface area contributed by atoms with E-state index in [1.165, 1.54) is 8.61 Å². The normalized spacial score (nSPS) is 27.9. The molecule has 0 radical (unpaired) electrons. The van der Waals surface area contributed by atoms with Crippen molar-refractivity contribution in [1.82, 2.24) is 8.61 Å². The fraction of sp³-hybridized carbons (Fsp3) is 0.857. The van der Waals surface area contributed by atoms with Gasteiger partial charge < -0.3 is 9.84 Å². The van der Waals surface area contributed by atoms with Crippen molar-refractivity contribution >= 4 is 22.1 Å². The standard InChI is InChI=1S/C14H24N2O6S/c1-3-22-12(17)11-4-7-15(8-5-11)23(20,21)16-9-6-14(2,10-16)13(18)19/h11H,3-10H2,1-2H3,(H,18,19). The number of rotatable bonds is 5. The second kappa shape index (κ2) is 6.74. The average molecular weight is 348 g/mol. The number of carboxylic acids is 1. The molecular formula is C14H24N2O6S. The molecule has 1 N–H and O–H groups in total. The van der Waals surface area contributed by atoms with E-state index in [4.69, 9.17) is 4.74 Å². The van der Waals surface area contributed by atoms with Gasteiger partial charge in [-0.15, -0.1) is 0 Å². The Hall–Kier alpha value is -1.19. The largest absolute Gasteiger partial charge is 0.481 e. The average Bonchev–Trinajstić information content (AvgIpc) is 2.92. The van der Waals surface area contributed by atoms with Gasteiger partial charge in [0.2, 0.25) is 0 Å². The molecule has 0 saturated carbocycles. The highest BCUT2D eigenvalue weighted by Crippen LogP contribution is 2.33. The van der Waals surface area contributed by atoms with E-state index in [0.29, 0.717) is 25.9 Å². The Morgan fingerprint density at radius 2 is 1.83 bits per heavy atom. The first kappa shape index (κ1) is 18.2. The van der Waals surface area contributed by atoms with E-state index >= 15 is 0 Å². The first-order valence-electron chi connectivity index (χ1n) is 7.86. The van der Waals surface area contributed by atoms with Gasteiger partial charge in [0.1, 0.15) is 0 Å². The molecule has 0 aromatic carbocycles. The number of hydrogen-bond acceptors (Lipinski definition) is 5. The van der Waals surface area contributed by atoms with Crippen LogP contribution in [0.4, 0.5) is 0 Å². The Balaban J connectivity index is 1.98. The van der Waals surface area contributed by atoms with Gasteiger partial charge in [-0.05, 0) is 33.1 Å². The van der Waals surface area contributed by atoms with Crippen LogP contribution in [0, 0.1) is 11.3 Å². The summed E-state index contributed by atoms with van der Waals surface area (Å²) >= 11 is 0. The Morgan fingerprint density at radius 3 is 2.30 bits per heavy atom. The zero-order valence-electron chi connectivity index (χ0n) is 13.5. The van der Waals surface area contributed by atoms with Crippen LogP contribution in [0.5, 0.6) is 0 Å². The van der Waals surface area contributed by atoms with E-state index in [1.54, 1.807) is 13.8 Å². The number of ether oxygens (including phenoxy) is 1. The smallest absolute Gasteiger partial charge is 0.310 e. The van der Waals surface area contributed by atoms with Gasteiger partial charge >= 0.3 is 11.9 Å². The fourth-order valence-electron chi connectivity index (χ4n) is 3.04. The molecule has 2 saturated heterocycles. The van der Waals surface area contributed by atoms with Crippen LogP contribution < -0.4 is 0 Å². The molecule has 2 aliphatic heterocycles. The minimum atomic E-state index is -3.68. The van der Waals surface area contributed by atoms with Crippen LogP contribution in [0.15, 0.2) is 0 Å². The van der Waals surface area contributed by atoms with Gasteiger partial charge in [-0.3, -0.25) is 9.59 Å². The number of carboxylic acid groups (broad SMARTS) is 1. The third-order valence-electron chi connectivity index (χ3n) is 4.68. The van der Waals surface area contributed by atoms with Gasteiger partial charge in [0, 0.05) is 26.2 Å². The first-order chi connectivity index (χ1) is 10.7. The summed E-state index contributed by atoms with van der Waals surface area (Å²) in [4.78, 5) is 23.0. The second-order valence-corrected chi connectivity index (χ2v) is 8.31. The molecule has 0 bridgehead atoms. The van der Waals surface area contributed by atoms with E-state index in [0.717, 1.165) is 0 Å². The SMILES string of the molecule is CCOC(=O)C1CCN(S(=O)(=O)N2CCC(C)(C(=O)O)C2)CC1. The Kier molecular flexibility index (Phi) is 5.32. The molecule has 2 aliphatic rings. The maximum atomic E-state index is 12.6. The summed E-state index contributed by atoms with van der Waals surface area (Å²) in [5.41, 5.74) is -1.03. The number of esters is 1. The van der Waals surface area contributed by atoms with E-state index in [1.807, 2.05) is 0 Å². The number of carbonyl (C=O) groups is 2. The number of piperidine rings is 1. The third kappa shape index (κ3) is 3.67. The summed E-state index contributed by atoms with van der Waals surface area (Å²) in [6.45, 7) is 4.34. The van der Waals surface area contributed by atoms with Gasteiger partial charge in [-0.1, -0.05) is 0 Å². The van der Waals surface area contributed by atoms with Gasteiger partial charge in [0.15, 0.2) is 0 Å². The van der Waals surface area contributed by atoms with E-state index in [-0.39, 0.29) is 38.1 Å². The van der Waals surface area contributed by atoms with Crippen LogP contribution in [0.3, 0.4) is 0 Å². The van der Waals surface area contributed by atoms with Crippen molar-refractivity contribution < 1.29 is 27.9 Å². The highest BCUT2D eigenvalue weighted by atomic mass is 32.2. The number of nitrogens with zero attached hydrogens (tertiary/aromatic N) is 2. The highest BCUT2D eigenvalue weighted by Gasteiger charge is 2.46. The lowest BCUT2D eigenvalue weighted by Gasteiger charge is -2.33. The monoisotopic (exact) mass is 348 g/mol. The van der Waals surface area contributed by atoms with Crippen LogP contribution >= 0.6 is 0 Å². The molecule has 0 aromatic rings. The number of carbonyl (C=O) groups excluding carboxylic acids is 1. The summed E-state index contributed by atoms with van der Waals surface area (Å²) in [6.07, 6.45) is 1.17. The summed E-state index contributed by atoms with van der Waals surface area (Å²) in [6, 6.07) is 0. The molecule has 8 nitrogen and oxygen atoms in total. The lowest BCUT2D eigenvalue weighted by Crippen LogP contribution is -2.48. The molecule has 0 amide bonds. The zero-order valence-corrected chi connectivity index (χ0v) is 14.3. The minimum Gasteiger partial charge on any atom is -0.481 e. The topological polar surface area (TPSA) is 104 Å². The van der Waals surface area contributed by atoms with Crippen LogP contribution in [-0.2, 0) is 24.5 Å². The van der Waals surface area contributed by atoms with Crippen molar-refractivity contribution in [3.8, 4) is 0 Å². The van der Waals surface area contributed by atoms with Crippen molar-refractivity contribution in [2.45, 2.75) is 33.1 Å². The third-order valence-corrected chi connectivity index (χ3v) is 6.66. The maximum Gasteiger partial charge on any atom is 0.310 e. The van der Waals surface area contributed by atoms with Crippen LogP contribution in [-0.4, -0.2) is 66.9 Å². The Bertz CT molecular complexity index is 570. The Morgan fingerprint density at radius 1 is 1.22 bits per heavy atom. The van der Waals surface area contributed by atoms with Crippen molar-refractivity contribution in [1.29, 1.82) is 0 Å². The summed E-state index contributed by atoms with van der Waals surface area (Å²) < 4.78 is 32.8. The van der Waals surface area contributed by atoms with Crippen LogP contribution in [0.1, 0.15) is 33.1 Å². The van der Waals surface area contributed by atoms with Crippen LogP contribution in [0.25, 0.3) is 0 Å². The van der Waals surface area contributed by atoms with Gasteiger partial charge in [0.25, 0.3) is 10.2 Å². The van der Waals surface area contributed by atoms with Gasteiger partial charge in [0.05, 0.1) is 17.9 Å². The fourth-order valence-corrected chi connectivity index (χ4v) is 4.80. The lowest BCUT2D eigenvalue weighted by molar-refractivity contribution is -0.149. The van der Waals surface area contributed by atoms with Crippen molar-refractivity contribution in [3.63, 3.8) is 0 Å². The van der Waals surface area contributed by atoms with Crippen molar-refractivity contribution in [3.05, 3.63) is 0 Å². The molecule has 2 fully saturated rings. The van der Waals surface area contributed by atoms with E-state index in [2.05, 4.69) is 0 Å². The maximum absolute atomic E-state index is 12.6. The van der Waals surface area contributed by atoms with Gasteiger partial charge in [-0.2, -0.15) is 17.0 Å². The quantitative estimate of drug-likeness (QED) is 0.717. The van der Waals surface area contributed by atoms with Crippen LogP contribution in [0.2, 0.25) is 0 Å². The first-order valence-corrected chi connectivity index (χ1v) is 9.25. The molecule has 0 aliphatic carbocycles. The molecule has 1 atom stereocenters. The molecule has 0 spiro atoms. The molecule has 2 rings (SSSR count). The van der Waals surface area contributed by atoms with Crippen molar-refractivity contribution in [2.24, 2.45) is 11.3 Å². The number of hydrogen-bond donors (Lipinski definition) is 1. The summed E-state index contributed by atoms with van der Waals surface area (Å²) in [5.74, 6) is -1.51. The minimum absolute atomic E-state index is 0.0114. The zero-order chi connectivity index (χ0) is 17.3. The lowest BCUT2D eigenvalue weighted by atomic mass is 9.90. The summed E-state index contributed by atoms with van der Waals surface area (Å²) in [7, 11) is -3.68. The summed E-state index contributed by atoms with van der Waals surface area (Å²) in [5, 5.41) is 9.23. The van der Waals surface area contributed by atoms with E-state index in [9.17, 15) is 23.1 Å². The second-order valence-electron chi connectivity index (χ2n) is 6.38. The van der Waals surface area contributed by atoms with E-state index < -0.39 is 21.6 Å². The predicted octanol–water partition coefficient (Wildman–Crippen LogP) is 0.303. The molecular weight excluding hydrogens is 324 g/mol. The molecule has 132 valence electrons. The molecule has 23 heavy (non-hydrogen) atoms. The highest BCUT2D eigenvalue weighted by molar-refractivity contribution is 7.86. The molecule has 9 heteroatoms. The molecule has 1 unspecified atom stereocenters. The van der Waals surface area contributed by atoms with Crippen molar-refractivity contribution in [2.75, 3.05) is 32.8 Å².